The quantitative estimate of drug-likeness (QED) is 0.0555. The van der Waals surface area contributed by atoms with Gasteiger partial charge in [-0.25, -0.2) is 58.1 Å². The van der Waals surface area contributed by atoms with E-state index in [9.17, 15) is 39.6 Å². The Morgan fingerprint density at radius 1 is 0.356 bits per heavy atom. The third-order valence-corrected chi connectivity index (χ3v) is 35.1. The maximum absolute atomic E-state index is 13.6. The van der Waals surface area contributed by atoms with Crippen LogP contribution >= 0.6 is 0 Å². The first-order valence-electron chi connectivity index (χ1n) is 46.4. The van der Waals surface area contributed by atoms with Crippen molar-refractivity contribution in [1.29, 1.82) is 0 Å². The molecule has 0 aromatic carbocycles. The summed E-state index contributed by atoms with van der Waals surface area (Å²) in [4.78, 5) is 74.1. The van der Waals surface area contributed by atoms with Crippen molar-refractivity contribution in [3.63, 3.8) is 0 Å². The number of ether oxygens (including phenoxy) is 6. The number of rotatable bonds is 15. The molecule has 15 aliphatic rings. The van der Waals surface area contributed by atoms with Gasteiger partial charge >= 0.3 is 0 Å². The molecule has 0 radical (unpaired) electrons. The summed E-state index contributed by atoms with van der Waals surface area (Å²) in [5, 5.41) is 22.4. The Bertz CT molecular complexity index is 5790. The van der Waals surface area contributed by atoms with Crippen LogP contribution in [0.5, 0.6) is 17.6 Å². The molecule has 696 valence electrons. The van der Waals surface area contributed by atoms with Gasteiger partial charge in [-0.2, -0.15) is 25.3 Å². The molecule has 6 aliphatic heterocycles. The maximum atomic E-state index is 13.6. The molecule has 3 amide bonds. The number of nitrogens with one attached hydrogen (secondary N) is 6. The molecule has 39 heteroatoms. The third kappa shape index (κ3) is 15.6. The molecule has 12 bridgehead atoms. The predicted octanol–water partition coefficient (Wildman–Crippen LogP) is 10.6. The van der Waals surface area contributed by atoms with Crippen LogP contribution in [0.3, 0.4) is 0 Å². The lowest BCUT2D eigenvalue weighted by molar-refractivity contribution is 0.0708. The van der Waals surface area contributed by atoms with Crippen LogP contribution in [-0.2, 0) is 44.3 Å². The molecular weight excluding hydrogens is 1750 g/mol. The average Bonchev–Trinajstić information content (AvgIpc) is 1.45. The van der Waals surface area contributed by atoms with Crippen LogP contribution < -0.4 is 59.0 Å². The van der Waals surface area contributed by atoms with Gasteiger partial charge in [0.2, 0.25) is 17.6 Å². The smallest absolute Gasteiger partial charge is 0.281 e. The van der Waals surface area contributed by atoms with Gasteiger partial charge in [0, 0.05) is 92.7 Å². The molecule has 3 unspecified atom stereocenters. The zero-order chi connectivity index (χ0) is 91.0. The van der Waals surface area contributed by atoms with E-state index >= 15 is 0 Å². The number of aromatic nitrogens is 12. The standard InChI is InChI=1S/3C31H37N7O5S/c3*1-29(2)18-20-19-37(29)27-21(28(39)36-44(40,41)26-5-3-4-23(33-26)32-14-17-42-20)6-7-24(34-27)38-15-8-25(35-38)43-16-9-22-30(10-11-30)31(22)12-13-31/h3*3-8,15,20,22H,9-14,16-19H2,1-2H3,(H,32,33)(H,36,39). The van der Waals surface area contributed by atoms with Gasteiger partial charge in [-0.15, -0.1) is 15.3 Å². The van der Waals surface area contributed by atoms with Crippen LogP contribution in [0, 0.1) is 50.2 Å². The van der Waals surface area contributed by atoms with Crippen LogP contribution in [0.2, 0.25) is 0 Å². The van der Waals surface area contributed by atoms with Crippen molar-refractivity contribution >= 4 is 82.7 Å². The van der Waals surface area contributed by atoms with Gasteiger partial charge in [-0.05, 0) is 280 Å². The fraction of sp³-hybridized carbons (Fsp3) is 0.548. The maximum Gasteiger partial charge on any atom is 0.281 e. The number of pyridine rings is 6. The van der Waals surface area contributed by atoms with Gasteiger partial charge in [-0.1, -0.05) is 18.2 Å². The fourth-order valence-electron chi connectivity index (χ4n) is 24.2. The molecule has 24 rings (SSSR count). The summed E-state index contributed by atoms with van der Waals surface area (Å²) >= 11 is 0. The molecule has 9 aromatic heterocycles. The Morgan fingerprint density at radius 3 is 0.879 bits per heavy atom. The lowest BCUT2D eigenvalue weighted by atomic mass is 10.0. The molecule has 9 aromatic rings. The summed E-state index contributed by atoms with van der Waals surface area (Å²) in [6.45, 7) is 18.4. The van der Waals surface area contributed by atoms with Gasteiger partial charge in [0.25, 0.3) is 47.8 Å². The van der Waals surface area contributed by atoms with Gasteiger partial charge in [0.05, 0.1) is 74.6 Å². The van der Waals surface area contributed by atoms with E-state index in [2.05, 4.69) is 102 Å². The number of nitrogens with zero attached hydrogens (tertiary/aromatic N) is 15. The van der Waals surface area contributed by atoms with E-state index in [0.717, 1.165) is 37.0 Å². The Balaban J connectivity index is 0.000000116. The number of hydrogen-bond acceptors (Lipinski definition) is 30. The first-order valence-corrected chi connectivity index (χ1v) is 50.9. The zero-order valence-electron chi connectivity index (χ0n) is 74.9. The van der Waals surface area contributed by atoms with E-state index in [0.29, 0.717) is 201 Å². The second-order valence-electron chi connectivity index (χ2n) is 40.5. The molecule has 6 N–H and O–H groups in total. The molecule has 15 heterocycles. The molecule has 36 nitrogen and oxygen atoms in total. The molecule has 3 saturated heterocycles. The molecule has 6 spiro atoms. The minimum atomic E-state index is -4.25. The normalized spacial score (nSPS) is 25.4. The highest BCUT2D eigenvalue weighted by Gasteiger charge is 2.87. The number of amides is 3. The highest BCUT2D eigenvalue weighted by Crippen LogP contribution is 2.95. The Labute approximate surface area is 766 Å². The molecular formula is C93H111N21O15S3. The molecule has 9 aliphatic carbocycles. The van der Waals surface area contributed by atoms with Crippen LogP contribution in [0.1, 0.15) is 188 Å². The van der Waals surface area contributed by atoms with Crippen molar-refractivity contribution in [2.45, 2.75) is 207 Å². The van der Waals surface area contributed by atoms with Crippen molar-refractivity contribution in [3.05, 3.63) is 144 Å². The van der Waals surface area contributed by atoms with Crippen molar-refractivity contribution in [3.8, 4) is 35.1 Å². The van der Waals surface area contributed by atoms with Gasteiger partial charge < -0.3 is 59.1 Å². The largest absolute Gasteiger partial charge is 0.477 e. The number of hydrogen-bond donors (Lipinski definition) is 6. The fourth-order valence-corrected chi connectivity index (χ4v) is 27.0. The van der Waals surface area contributed by atoms with Crippen LogP contribution in [0.4, 0.5) is 34.9 Å². The van der Waals surface area contributed by atoms with Gasteiger partial charge in [0.15, 0.2) is 32.5 Å². The number of fused-ring (bicyclic) bond motifs is 21. The first kappa shape index (κ1) is 86.3. The molecule has 12 fully saturated rings. The lowest BCUT2D eigenvalue weighted by Gasteiger charge is -2.33. The van der Waals surface area contributed by atoms with E-state index in [-0.39, 0.29) is 50.1 Å². The monoisotopic (exact) mass is 1860 g/mol. The second-order valence-corrected chi connectivity index (χ2v) is 45.3. The van der Waals surface area contributed by atoms with Gasteiger partial charge in [0.1, 0.15) is 34.9 Å². The van der Waals surface area contributed by atoms with Crippen molar-refractivity contribution in [2.24, 2.45) is 50.2 Å². The number of carbonyl (C=O) groups excluding carboxylic acids is 3. The summed E-state index contributed by atoms with van der Waals surface area (Å²) in [6, 6.07) is 29.0. The first-order chi connectivity index (χ1) is 63.3. The topological polar surface area (TPSA) is 422 Å². The minimum Gasteiger partial charge on any atom is -0.477 e. The molecule has 3 atom stereocenters. The van der Waals surface area contributed by atoms with Crippen molar-refractivity contribution in [1.82, 2.24) is 73.4 Å². The predicted molar refractivity (Wildman–Crippen MR) is 484 cm³/mol. The molecule has 9 saturated carbocycles. The van der Waals surface area contributed by atoms with E-state index in [1.54, 1.807) is 105 Å². The molecule has 132 heavy (non-hydrogen) atoms. The van der Waals surface area contributed by atoms with Crippen LogP contribution in [0.15, 0.2) is 143 Å². The van der Waals surface area contributed by atoms with Crippen molar-refractivity contribution in [2.75, 3.05) is 110 Å². The summed E-state index contributed by atoms with van der Waals surface area (Å²) in [6.07, 6.45) is 27.1. The summed E-state index contributed by atoms with van der Waals surface area (Å²) in [5.41, 5.74) is 3.08. The number of carbonyl (C=O) groups is 3. The number of anilines is 6. The Hall–Kier alpha value is -11.1. The number of sulfonamides is 3. The van der Waals surface area contributed by atoms with Crippen LogP contribution in [-0.4, -0.2) is 216 Å². The summed E-state index contributed by atoms with van der Waals surface area (Å²) in [7, 11) is -12.8. The highest BCUT2D eigenvalue weighted by atomic mass is 32.2. The van der Waals surface area contributed by atoms with E-state index in [1.807, 2.05) is 32.9 Å². The van der Waals surface area contributed by atoms with E-state index in [4.69, 9.17) is 43.4 Å². The van der Waals surface area contributed by atoms with Crippen molar-refractivity contribution < 1.29 is 68.1 Å². The third-order valence-electron chi connectivity index (χ3n) is 31.4. The summed E-state index contributed by atoms with van der Waals surface area (Å²) < 4.78 is 127. The van der Waals surface area contributed by atoms with Gasteiger partial charge in [-0.3, -0.25) is 14.4 Å². The highest BCUT2D eigenvalue weighted by molar-refractivity contribution is 7.90. The minimum absolute atomic E-state index is 0.109. The Morgan fingerprint density at radius 2 is 0.621 bits per heavy atom. The summed E-state index contributed by atoms with van der Waals surface area (Å²) in [5.74, 6) is 5.34. The van der Waals surface area contributed by atoms with Crippen LogP contribution in [0.25, 0.3) is 17.5 Å². The average molecular weight is 1860 g/mol. The second kappa shape index (κ2) is 31.5. The van der Waals surface area contributed by atoms with E-state index in [1.165, 1.54) is 95.2 Å². The Kier molecular flexibility index (Phi) is 20.6. The zero-order valence-corrected chi connectivity index (χ0v) is 77.3. The SMILES string of the molecule is CC1(C)CC2CN1c1nc(-n3ccc(OCCC4C5(CC5)C45CC5)n3)ccc1C(=O)NS(=O)(=O)c1cccc(n1)NCCO2.CC1(C)CC2CN1c1nc(-n3ccc(OCCC4C5(CC5)C45CC5)n3)ccc1C(=O)NS(=O)(=O)c1cccc(n1)NCCO2.CC1(C)CC2CN1c1nc(-n3ccc(OCCC4C5(CC5)C45CC5)n3)ccc1C(=O)NS(=O)(=O)c1cccc(n1)NCCO2. The van der Waals surface area contributed by atoms with E-state index < -0.39 is 64.4 Å². The lowest BCUT2D eigenvalue weighted by Crippen LogP contribution is -2.41.